The first kappa shape index (κ1) is 21.0. The van der Waals surface area contributed by atoms with Gasteiger partial charge in [-0.05, 0) is 43.3 Å². The molecule has 0 unspecified atom stereocenters. The molecule has 29 heavy (non-hydrogen) atoms. The zero-order chi connectivity index (χ0) is 21.0. The van der Waals surface area contributed by atoms with Crippen molar-refractivity contribution < 1.29 is 22.4 Å². The largest absolute Gasteiger partial charge is 0.456 e. The third-order valence-corrected chi connectivity index (χ3v) is 5.66. The van der Waals surface area contributed by atoms with Crippen molar-refractivity contribution in [3.63, 3.8) is 0 Å². The van der Waals surface area contributed by atoms with Crippen LogP contribution >= 0.6 is 0 Å². The van der Waals surface area contributed by atoms with Crippen LogP contribution in [0.5, 0.6) is 0 Å². The number of benzene rings is 1. The van der Waals surface area contributed by atoms with E-state index in [9.17, 15) is 18.0 Å². The molecule has 0 atom stereocenters. The van der Waals surface area contributed by atoms with E-state index in [0.29, 0.717) is 56.4 Å². The molecule has 1 fully saturated rings. The molecule has 1 aromatic carbocycles. The summed E-state index contributed by atoms with van der Waals surface area (Å²) in [7, 11) is -3.75. The summed E-state index contributed by atoms with van der Waals surface area (Å²) in [5.74, 6) is 0.775. The Hall–Kier alpha value is -2.69. The maximum atomic E-state index is 12.4. The molecule has 3 N–H and O–H groups in total. The van der Waals surface area contributed by atoms with Gasteiger partial charge in [-0.15, -0.1) is 0 Å². The van der Waals surface area contributed by atoms with Crippen molar-refractivity contribution in [1.82, 2.24) is 9.80 Å². The van der Waals surface area contributed by atoms with E-state index in [2.05, 4.69) is 10.2 Å². The van der Waals surface area contributed by atoms with Crippen LogP contribution in [0.1, 0.15) is 22.7 Å². The summed E-state index contributed by atoms with van der Waals surface area (Å²) in [4.78, 5) is 28.4. The van der Waals surface area contributed by atoms with Crippen LogP contribution in [-0.2, 0) is 14.8 Å². The van der Waals surface area contributed by atoms with Crippen LogP contribution < -0.4 is 10.5 Å². The van der Waals surface area contributed by atoms with E-state index in [1.165, 1.54) is 24.3 Å². The molecule has 2 aromatic rings. The lowest BCUT2D eigenvalue weighted by molar-refractivity contribution is -0.116. The van der Waals surface area contributed by atoms with Gasteiger partial charge in [-0.1, -0.05) is 0 Å². The SMILES string of the molecule is Cc1ccc(C(=O)N2CCN(CCC(=O)Nc3ccc(S(N)(=O)=O)cc3)CC2)o1. The van der Waals surface area contributed by atoms with Crippen LogP contribution in [0.25, 0.3) is 0 Å². The van der Waals surface area contributed by atoms with Gasteiger partial charge in [-0.25, -0.2) is 13.6 Å². The zero-order valence-corrected chi connectivity index (χ0v) is 16.9. The van der Waals surface area contributed by atoms with Crippen LogP contribution in [0.2, 0.25) is 0 Å². The van der Waals surface area contributed by atoms with Gasteiger partial charge < -0.3 is 14.6 Å². The molecule has 1 aliphatic rings. The van der Waals surface area contributed by atoms with Crippen molar-refractivity contribution in [1.29, 1.82) is 0 Å². The monoisotopic (exact) mass is 420 g/mol. The number of amides is 2. The summed E-state index contributed by atoms with van der Waals surface area (Å²) in [6.45, 7) is 4.89. The summed E-state index contributed by atoms with van der Waals surface area (Å²) >= 11 is 0. The number of aryl methyl sites for hydroxylation is 1. The second kappa shape index (κ2) is 8.76. The molecule has 0 radical (unpaired) electrons. The minimum Gasteiger partial charge on any atom is -0.456 e. The first-order chi connectivity index (χ1) is 13.7. The Morgan fingerprint density at radius 1 is 1.07 bits per heavy atom. The van der Waals surface area contributed by atoms with Crippen molar-refractivity contribution >= 4 is 27.5 Å². The maximum Gasteiger partial charge on any atom is 0.289 e. The Morgan fingerprint density at radius 3 is 2.28 bits per heavy atom. The normalized spacial score (nSPS) is 15.3. The number of carbonyl (C=O) groups is 2. The molecule has 0 bridgehead atoms. The van der Waals surface area contributed by atoms with Gasteiger partial charge >= 0.3 is 0 Å². The first-order valence-corrected chi connectivity index (χ1v) is 10.8. The quantitative estimate of drug-likeness (QED) is 0.719. The Balaban J connectivity index is 1.42. The van der Waals surface area contributed by atoms with Gasteiger partial charge in [0, 0.05) is 44.8 Å². The molecule has 2 amide bonds. The van der Waals surface area contributed by atoms with E-state index in [-0.39, 0.29) is 16.7 Å². The highest BCUT2D eigenvalue weighted by Gasteiger charge is 2.24. The minimum absolute atomic E-state index is 0.00683. The van der Waals surface area contributed by atoms with Crippen LogP contribution in [0.3, 0.4) is 0 Å². The molecule has 0 aliphatic carbocycles. The molecule has 2 heterocycles. The maximum absolute atomic E-state index is 12.4. The number of hydrogen-bond acceptors (Lipinski definition) is 6. The predicted molar refractivity (Wildman–Crippen MR) is 107 cm³/mol. The molecular weight excluding hydrogens is 396 g/mol. The first-order valence-electron chi connectivity index (χ1n) is 9.23. The molecular formula is C19H24N4O5S. The van der Waals surface area contributed by atoms with Gasteiger partial charge in [0.05, 0.1) is 4.90 Å². The topological polar surface area (TPSA) is 126 Å². The average Bonchev–Trinajstić information content (AvgIpc) is 3.12. The van der Waals surface area contributed by atoms with E-state index in [1.807, 2.05) is 0 Å². The van der Waals surface area contributed by atoms with E-state index in [4.69, 9.17) is 9.56 Å². The number of sulfonamides is 1. The van der Waals surface area contributed by atoms with Crippen molar-refractivity contribution in [2.24, 2.45) is 5.14 Å². The molecule has 0 spiro atoms. The van der Waals surface area contributed by atoms with Gasteiger partial charge in [-0.2, -0.15) is 0 Å². The number of nitrogens with zero attached hydrogens (tertiary/aromatic N) is 2. The van der Waals surface area contributed by atoms with E-state index >= 15 is 0 Å². The van der Waals surface area contributed by atoms with Crippen molar-refractivity contribution in [3.8, 4) is 0 Å². The summed E-state index contributed by atoms with van der Waals surface area (Å²) < 4.78 is 27.9. The Kier molecular flexibility index (Phi) is 6.36. The standard InChI is InChI=1S/C19H24N4O5S/c1-14-2-7-17(28-14)19(25)23-12-10-22(11-13-23)9-8-18(24)21-15-3-5-16(6-4-15)29(20,26)27/h2-7H,8-13H2,1H3,(H,21,24)(H2,20,26,27). The third-order valence-electron chi connectivity index (χ3n) is 4.73. The molecule has 1 aromatic heterocycles. The Bertz CT molecular complexity index is 976. The lowest BCUT2D eigenvalue weighted by atomic mass is 10.2. The van der Waals surface area contributed by atoms with Gasteiger partial charge in [-0.3, -0.25) is 14.5 Å². The molecule has 10 heteroatoms. The molecule has 156 valence electrons. The number of furan rings is 1. The smallest absolute Gasteiger partial charge is 0.289 e. The van der Waals surface area contributed by atoms with Crippen molar-refractivity contribution in [2.75, 3.05) is 38.0 Å². The van der Waals surface area contributed by atoms with E-state index in [0.717, 1.165) is 0 Å². The fourth-order valence-electron chi connectivity index (χ4n) is 3.09. The van der Waals surface area contributed by atoms with Crippen LogP contribution in [0.4, 0.5) is 5.69 Å². The van der Waals surface area contributed by atoms with Crippen molar-refractivity contribution in [2.45, 2.75) is 18.2 Å². The third kappa shape index (κ3) is 5.66. The summed E-state index contributed by atoms with van der Waals surface area (Å²) in [6, 6.07) is 9.15. The Labute approximate surface area is 169 Å². The minimum atomic E-state index is -3.75. The highest BCUT2D eigenvalue weighted by atomic mass is 32.2. The lowest BCUT2D eigenvalue weighted by Gasteiger charge is -2.34. The molecule has 3 rings (SSSR count). The number of carbonyl (C=O) groups excluding carboxylic acids is 2. The van der Waals surface area contributed by atoms with Crippen LogP contribution in [-0.4, -0.2) is 62.8 Å². The number of rotatable bonds is 6. The number of hydrogen-bond donors (Lipinski definition) is 2. The second-order valence-corrected chi connectivity index (χ2v) is 8.47. The lowest BCUT2D eigenvalue weighted by Crippen LogP contribution is -2.49. The van der Waals surface area contributed by atoms with Gasteiger partial charge in [0.25, 0.3) is 5.91 Å². The number of nitrogens with one attached hydrogen (secondary N) is 1. The Morgan fingerprint density at radius 2 is 1.72 bits per heavy atom. The number of piperazine rings is 1. The van der Waals surface area contributed by atoms with E-state index < -0.39 is 10.0 Å². The number of nitrogens with two attached hydrogens (primary N) is 1. The van der Waals surface area contributed by atoms with Gasteiger partial charge in [0.2, 0.25) is 15.9 Å². The van der Waals surface area contributed by atoms with E-state index in [1.54, 1.807) is 24.0 Å². The van der Waals surface area contributed by atoms with Gasteiger partial charge in [0.1, 0.15) is 5.76 Å². The molecule has 1 aliphatic heterocycles. The number of primary sulfonamides is 1. The van der Waals surface area contributed by atoms with Gasteiger partial charge in [0.15, 0.2) is 5.76 Å². The molecule has 0 saturated carbocycles. The molecule has 1 saturated heterocycles. The summed E-state index contributed by atoms with van der Waals surface area (Å²) in [6.07, 6.45) is 0.294. The van der Waals surface area contributed by atoms with Crippen LogP contribution in [0, 0.1) is 6.92 Å². The second-order valence-electron chi connectivity index (χ2n) is 6.91. The average molecular weight is 420 g/mol. The predicted octanol–water partition coefficient (Wildman–Crippen LogP) is 1.02. The fourth-order valence-corrected chi connectivity index (χ4v) is 3.61. The van der Waals surface area contributed by atoms with Crippen molar-refractivity contribution in [3.05, 3.63) is 47.9 Å². The summed E-state index contributed by atoms with van der Waals surface area (Å²) in [5.41, 5.74) is 0.506. The number of anilines is 1. The molecule has 9 nitrogen and oxygen atoms in total. The highest BCUT2D eigenvalue weighted by Crippen LogP contribution is 2.14. The zero-order valence-electron chi connectivity index (χ0n) is 16.1. The fraction of sp³-hybridized carbons (Fsp3) is 0.368. The van der Waals surface area contributed by atoms with Crippen LogP contribution in [0.15, 0.2) is 45.7 Å². The highest BCUT2D eigenvalue weighted by molar-refractivity contribution is 7.89. The summed E-state index contributed by atoms with van der Waals surface area (Å²) in [5, 5.41) is 7.78.